The summed E-state index contributed by atoms with van der Waals surface area (Å²) in [5, 5.41) is 10.8. The van der Waals surface area contributed by atoms with Crippen molar-refractivity contribution in [1.82, 2.24) is 40.4 Å². The van der Waals surface area contributed by atoms with Gasteiger partial charge in [-0.1, -0.05) is 0 Å². The number of piperidine rings is 3. The zero-order valence-electron chi connectivity index (χ0n) is 36.0. The number of amides is 5. The van der Waals surface area contributed by atoms with Gasteiger partial charge in [0.15, 0.2) is 5.82 Å². The Labute approximate surface area is 377 Å². The second-order valence-corrected chi connectivity index (χ2v) is 18.7. The molecule has 23 heteroatoms. The summed E-state index contributed by atoms with van der Waals surface area (Å²) in [5.41, 5.74) is 1.09. The maximum atomic E-state index is 13.9. The fourth-order valence-corrected chi connectivity index (χ4v) is 9.08. The SMILES string of the molecule is CN(c1nccnc1CNc1nc(Nc2ccc(C(=O)NC3CCN(CC4CCN(c5ccc6c(c5)C(=O)N(C5CCC(=O)NC5=O)C6=O)CC4)CC3)cc2)ncc1C(F)(F)F)S(C)(=O)=O. The summed E-state index contributed by atoms with van der Waals surface area (Å²) < 4.78 is 66.9. The topological polar surface area (TPSA) is 232 Å². The first-order valence-electron chi connectivity index (χ1n) is 21.4. The number of imide groups is 2. The first-order valence-corrected chi connectivity index (χ1v) is 23.2. The van der Waals surface area contributed by atoms with Crippen molar-refractivity contribution in [3.63, 3.8) is 0 Å². The van der Waals surface area contributed by atoms with Gasteiger partial charge in [0.2, 0.25) is 27.8 Å². The van der Waals surface area contributed by atoms with E-state index >= 15 is 0 Å². The molecule has 6 heterocycles. The van der Waals surface area contributed by atoms with Gasteiger partial charge in [0.25, 0.3) is 17.7 Å². The van der Waals surface area contributed by atoms with Crippen molar-refractivity contribution in [2.75, 3.05) is 65.9 Å². The van der Waals surface area contributed by atoms with E-state index in [0.29, 0.717) is 23.4 Å². The van der Waals surface area contributed by atoms with Gasteiger partial charge >= 0.3 is 6.18 Å². The summed E-state index contributed by atoms with van der Waals surface area (Å²) in [7, 11) is -2.48. The van der Waals surface area contributed by atoms with Crippen molar-refractivity contribution in [2.24, 2.45) is 5.92 Å². The monoisotopic (exact) mass is 932 g/mol. The molecule has 0 spiro atoms. The molecule has 1 unspecified atom stereocenters. The van der Waals surface area contributed by atoms with E-state index in [0.717, 1.165) is 79.6 Å². The lowest BCUT2D eigenvalue weighted by atomic mass is 9.94. The Bertz CT molecular complexity index is 2660. The molecule has 4 N–H and O–H groups in total. The molecule has 8 rings (SSSR count). The van der Waals surface area contributed by atoms with Crippen LogP contribution in [0.1, 0.15) is 80.9 Å². The van der Waals surface area contributed by atoms with Crippen molar-refractivity contribution in [3.8, 4) is 0 Å². The molecule has 4 aliphatic heterocycles. The first kappa shape index (κ1) is 45.8. The molecule has 66 heavy (non-hydrogen) atoms. The number of carbonyl (C=O) groups excluding carboxylic acids is 5. The lowest BCUT2D eigenvalue weighted by Gasteiger charge is -2.38. The van der Waals surface area contributed by atoms with Crippen LogP contribution in [0.3, 0.4) is 0 Å². The van der Waals surface area contributed by atoms with Crippen LogP contribution >= 0.6 is 0 Å². The van der Waals surface area contributed by atoms with E-state index in [9.17, 15) is 45.6 Å². The third-order valence-corrected chi connectivity index (χ3v) is 13.5. The lowest BCUT2D eigenvalue weighted by molar-refractivity contribution is -0.138. The largest absolute Gasteiger partial charge is 0.421 e. The van der Waals surface area contributed by atoms with Gasteiger partial charge < -0.3 is 25.8 Å². The number of sulfonamides is 1. The van der Waals surface area contributed by atoms with Crippen molar-refractivity contribution < 1.29 is 45.6 Å². The van der Waals surface area contributed by atoms with Crippen LogP contribution in [0.25, 0.3) is 0 Å². The normalized spacial score (nSPS) is 18.8. The summed E-state index contributed by atoms with van der Waals surface area (Å²) >= 11 is 0. The molecule has 0 radical (unpaired) electrons. The van der Waals surface area contributed by atoms with Gasteiger partial charge in [0.1, 0.15) is 23.1 Å². The van der Waals surface area contributed by atoms with Gasteiger partial charge in [-0.25, -0.2) is 18.4 Å². The Morgan fingerprint density at radius 2 is 1.59 bits per heavy atom. The number of rotatable bonds is 13. The Hall–Kier alpha value is -6.75. The first-order chi connectivity index (χ1) is 31.4. The maximum absolute atomic E-state index is 13.9. The van der Waals surface area contributed by atoms with Crippen LogP contribution < -0.4 is 30.5 Å². The van der Waals surface area contributed by atoms with Gasteiger partial charge in [0, 0.05) is 87.8 Å². The minimum atomic E-state index is -4.81. The fraction of sp³-hybridized carbons (Fsp3) is 0.419. The summed E-state index contributed by atoms with van der Waals surface area (Å²) in [6, 6.07) is 10.5. The molecule has 3 saturated heterocycles. The molecular weight excluding hydrogens is 886 g/mol. The highest BCUT2D eigenvalue weighted by atomic mass is 32.2. The second-order valence-electron chi connectivity index (χ2n) is 16.7. The van der Waals surface area contributed by atoms with Crippen LogP contribution in [-0.4, -0.2) is 126 Å². The van der Waals surface area contributed by atoms with Crippen LogP contribution in [-0.2, 0) is 32.3 Å². The predicted molar refractivity (Wildman–Crippen MR) is 234 cm³/mol. The molecule has 2 aromatic heterocycles. The van der Waals surface area contributed by atoms with Crippen LogP contribution in [0.4, 0.5) is 42.1 Å². The molecule has 3 fully saturated rings. The summed E-state index contributed by atoms with van der Waals surface area (Å²) in [6.07, 6.45) is 2.92. The zero-order valence-corrected chi connectivity index (χ0v) is 36.8. The van der Waals surface area contributed by atoms with E-state index in [4.69, 9.17) is 0 Å². The molecule has 4 aromatic rings. The highest BCUT2D eigenvalue weighted by Crippen LogP contribution is 2.35. The maximum Gasteiger partial charge on any atom is 0.421 e. The van der Waals surface area contributed by atoms with E-state index in [1.807, 2.05) is 6.07 Å². The van der Waals surface area contributed by atoms with Crippen LogP contribution in [0.2, 0.25) is 0 Å². The number of hydrogen-bond donors (Lipinski definition) is 4. The van der Waals surface area contributed by atoms with Crippen molar-refractivity contribution in [1.29, 1.82) is 0 Å². The molecule has 1 atom stereocenters. The molecule has 0 saturated carbocycles. The van der Waals surface area contributed by atoms with Gasteiger partial charge in [-0.2, -0.15) is 18.2 Å². The van der Waals surface area contributed by atoms with Gasteiger partial charge in [-0.05, 0) is 80.5 Å². The average molecular weight is 933 g/mol. The minimum Gasteiger partial charge on any atom is -0.371 e. The van der Waals surface area contributed by atoms with Gasteiger partial charge in [-0.3, -0.25) is 43.5 Å². The summed E-state index contributed by atoms with van der Waals surface area (Å²) in [5.74, 6) is -2.70. The van der Waals surface area contributed by atoms with Crippen LogP contribution in [0, 0.1) is 5.92 Å². The molecule has 0 aliphatic carbocycles. The number of halogens is 3. The standard InChI is InChI=1S/C43H47F3N12O7S/c1-55(66(2,64)65)37-33(47-15-16-48-37)23-49-36-32(43(44,45)46)22-50-42(54-36)52-27-5-3-26(4-6-27)38(60)51-28-13-17-56(18-14-28)24-25-11-19-57(20-12-25)29-7-8-30-31(21-29)41(63)58(40(30)62)34-9-10-35(59)53-39(34)61/h3-8,15-16,21-22,25,28,34H,9-14,17-20,23-24H2,1-2H3,(H,51,60)(H,53,59,61)(H2,49,50,52,54). The minimum absolute atomic E-state index is 0.0232. The van der Waals surface area contributed by atoms with E-state index in [1.165, 1.54) is 19.4 Å². The molecule has 348 valence electrons. The van der Waals surface area contributed by atoms with E-state index in [1.54, 1.807) is 36.4 Å². The Balaban J connectivity index is 0.792. The number of benzene rings is 2. The molecule has 5 amide bonds. The Morgan fingerprint density at radius 3 is 2.27 bits per heavy atom. The quantitative estimate of drug-likeness (QED) is 0.141. The Morgan fingerprint density at radius 1 is 0.894 bits per heavy atom. The molecule has 0 bridgehead atoms. The third kappa shape index (κ3) is 10.1. The van der Waals surface area contributed by atoms with Crippen molar-refractivity contribution in [2.45, 2.75) is 63.3 Å². The number of carbonyl (C=O) groups is 5. The number of hydrogen-bond acceptors (Lipinski definition) is 15. The number of alkyl halides is 3. The van der Waals surface area contributed by atoms with E-state index in [-0.39, 0.29) is 59.9 Å². The van der Waals surface area contributed by atoms with Crippen molar-refractivity contribution >= 4 is 68.5 Å². The summed E-state index contributed by atoms with van der Waals surface area (Å²) in [4.78, 5) is 85.3. The average Bonchev–Trinajstić information content (AvgIpc) is 3.53. The number of likely N-dealkylation sites (tertiary alicyclic amines) is 1. The number of fused-ring (bicyclic) bond motifs is 1. The number of nitrogens with zero attached hydrogens (tertiary/aromatic N) is 8. The Kier molecular flexibility index (Phi) is 12.9. The second kappa shape index (κ2) is 18.6. The number of anilines is 5. The van der Waals surface area contributed by atoms with Gasteiger partial charge in [-0.15, -0.1) is 0 Å². The number of aromatic nitrogens is 4. The fourth-order valence-electron chi connectivity index (χ4n) is 8.61. The molecule has 19 nitrogen and oxygen atoms in total. The molecule has 4 aliphatic rings. The zero-order chi connectivity index (χ0) is 46.9. The van der Waals surface area contributed by atoms with E-state index in [2.05, 4.69) is 51.0 Å². The van der Waals surface area contributed by atoms with Crippen LogP contribution in [0.15, 0.2) is 61.1 Å². The number of nitrogens with one attached hydrogen (secondary N) is 4. The highest BCUT2D eigenvalue weighted by molar-refractivity contribution is 7.92. The smallest absolute Gasteiger partial charge is 0.371 e. The van der Waals surface area contributed by atoms with Crippen LogP contribution in [0.5, 0.6) is 0 Å². The predicted octanol–water partition coefficient (Wildman–Crippen LogP) is 3.55. The van der Waals surface area contributed by atoms with E-state index < -0.39 is 57.3 Å². The lowest BCUT2D eigenvalue weighted by Crippen LogP contribution is -2.54. The van der Waals surface area contributed by atoms with Crippen molar-refractivity contribution in [3.05, 3.63) is 89.0 Å². The van der Waals surface area contributed by atoms with Gasteiger partial charge in [0.05, 0.1) is 23.9 Å². The molecular formula is C43H47F3N12O7S. The highest BCUT2D eigenvalue weighted by Gasteiger charge is 2.45. The third-order valence-electron chi connectivity index (χ3n) is 12.3. The molecule has 2 aromatic carbocycles. The summed E-state index contributed by atoms with van der Waals surface area (Å²) in [6.45, 7) is 3.78.